The molecule has 0 aliphatic carbocycles. The maximum absolute atomic E-state index is 13.4. The second kappa shape index (κ2) is 14.2. The Morgan fingerprint density at radius 2 is 1.68 bits per heavy atom. The predicted molar refractivity (Wildman–Crippen MR) is 157 cm³/mol. The van der Waals surface area contributed by atoms with Crippen LogP contribution >= 0.6 is 0 Å². The zero-order chi connectivity index (χ0) is 29.4. The molecule has 1 N–H and O–H groups in total. The van der Waals surface area contributed by atoms with Crippen LogP contribution in [0.2, 0.25) is 0 Å². The van der Waals surface area contributed by atoms with Crippen molar-refractivity contribution < 1.29 is 28.9 Å². The molecule has 1 aliphatic rings. The van der Waals surface area contributed by atoms with Gasteiger partial charge in [0, 0.05) is 18.7 Å². The number of rotatable bonds is 14. The minimum Gasteiger partial charge on any atom is -0.507 e. The predicted octanol–water partition coefficient (Wildman–Crippen LogP) is 5.67. The van der Waals surface area contributed by atoms with E-state index >= 15 is 0 Å². The molecule has 1 unspecified atom stereocenters. The molecule has 0 aromatic heterocycles. The summed E-state index contributed by atoms with van der Waals surface area (Å²) in [5, 5.41) is 11.4. The number of amides is 1. The summed E-state index contributed by atoms with van der Waals surface area (Å²) in [6, 6.07) is 11.5. The van der Waals surface area contributed by atoms with Crippen molar-refractivity contribution in [2.45, 2.75) is 60.1 Å². The minimum atomic E-state index is -0.777. The largest absolute Gasteiger partial charge is 0.507 e. The van der Waals surface area contributed by atoms with Crippen LogP contribution < -0.4 is 14.2 Å². The Morgan fingerprint density at radius 1 is 1.00 bits per heavy atom. The number of methoxy groups -OCH3 is 1. The number of ketones is 1. The molecule has 8 heteroatoms. The van der Waals surface area contributed by atoms with Crippen molar-refractivity contribution in [1.82, 2.24) is 9.80 Å². The van der Waals surface area contributed by atoms with Gasteiger partial charge in [-0.3, -0.25) is 9.59 Å². The van der Waals surface area contributed by atoms with Crippen LogP contribution in [0, 0.1) is 5.92 Å². The molecule has 8 nitrogen and oxygen atoms in total. The van der Waals surface area contributed by atoms with Crippen molar-refractivity contribution >= 4 is 17.4 Å². The van der Waals surface area contributed by atoms with Crippen molar-refractivity contribution in [3.63, 3.8) is 0 Å². The second-order valence-electron chi connectivity index (χ2n) is 10.7. The first-order valence-corrected chi connectivity index (χ1v) is 14.2. The van der Waals surface area contributed by atoms with E-state index in [9.17, 15) is 14.7 Å². The van der Waals surface area contributed by atoms with Gasteiger partial charge >= 0.3 is 0 Å². The summed E-state index contributed by atoms with van der Waals surface area (Å²) in [6.07, 6.45) is 0.903. The van der Waals surface area contributed by atoms with Crippen LogP contribution in [-0.2, 0) is 9.59 Å². The van der Waals surface area contributed by atoms with Crippen LogP contribution in [-0.4, -0.2) is 72.6 Å². The van der Waals surface area contributed by atoms with E-state index in [1.54, 1.807) is 48.4 Å². The van der Waals surface area contributed by atoms with E-state index in [1.165, 1.54) is 0 Å². The maximum Gasteiger partial charge on any atom is 0.295 e. The average molecular weight is 553 g/mol. The smallest absolute Gasteiger partial charge is 0.295 e. The third-order valence-electron chi connectivity index (χ3n) is 7.05. The Kier molecular flexibility index (Phi) is 11.0. The molecule has 1 fully saturated rings. The molecule has 3 rings (SSSR count). The minimum absolute atomic E-state index is 0.00267. The summed E-state index contributed by atoms with van der Waals surface area (Å²) in [7, 11) is 1.56. The fraction of sp³-hybridized carbons (Fsp3) is 0.500. The van der Waals surface area contributed by atoms with Crippen molar-refractivity contribution in [1.29, 1.82) is 0 Å². The van der Waals surface area contributed by atoms with E-state index in [1.807, 2.05) is 19.9 Å². The van der Waals surface area contributed by atoms with Crippen molar-refractivity contribution in [3.05, 3.63) is 59.2 Å². The summed E-state index contributed by atoms with van der Waals surface area (Å²) in [5.74, 6) is 0.692. The third-order valence-corrected chi connectivity index (χ3v) is 7.05. The van der Waals surface area contributed by atoms with E-state index in [0.29, 0.717) is 54.0 Å². The fourth-order valence-corrected chi connectivity index (χ4v) is 4.74. The Labute approximate surface area is 238 Å². The van der Waals surface area contributed by atoms with Crippen molar-refractivity contribution in [2.75, 3.05) is 39.9 Å². The first kappa shape index (κ1) is 31.0. The van der Waals surface area contributed by atoms with Crippen LogP contribution in [0.3, 0.4) is 0 Å². The number of aliphatic hydroxyl groups excluding tert-OH is 1. The number of likely N-dealkylation sites (N-methyl/N-ethyl adjacent to an activating group) is 1. The van der Waals surface area contributed by atoms with Crippen LogP contribution in [0.4, 0.5) is 0 Å². The topological polar surface area (TPSA) is 88.5 Å². The van der Waals surface area contributed by atoms with E-state index in [0.717, 1.165) is 19.5 Å². The molecular formula is C32H44N2O6. The number of likely N-dealkylation sites (tertiary alicyclic amines) is 1. The number of Topliss-reactive ketones (excluding diaryl/α,β-unsaturated/α-hetero) is 1. The number of carbonyl (C=O) groups excluding carboxylic acids is 2. The van der Waals surface area contributed by atoms with Gasteiger partial charge in [-0.2, -0.15) is 0 Å². The van der Waals surface area contributed by atoms with Gasteiger partial charge < -0.3 is 29.1 Å². The fourth-order valence-electron chi connectivity index (χ4n) is 4.74. The molecule has 0 bridgehead atoms. The van der Waals surface area contributed by atoms with E-state index < -0.39 is 17.7 Å². The highest BCUT2D eigenvalue weighted by molar-refractivity contribution is 6.46. The number of carbonyl (C=O) groups is 2. The molecule has 1 aliphatic heterocycles. The monoisotopic (exact) mass is 552 g/mol. The van der Waals surface area contributed by atoms with Gasteiger partial charge in [0.05, 0.1) is 31.4 Å². The highest BCUT2D eigenvalue weighted by atomic mass is 16.5. The average Bonchev–Trinajstić information content (AvgIpc) is 3.18. The highest BCUT2D eigenvalue weighted by Crippen LogP contribution is 2.42. The van der Waals surface area contributed by atoms with Gasteiger partial charge in [-0.25, -0.2) is 0 Å². The summed E-state index contributed by atoms with van der Waals surface area (Å²) in [6.45, 7) is 15.4. The lowest BCUT2D eigenvalue weighted by molar-refractivity contribution is -0.140. The van der Waals surface area contributed by atoms with Gasteiger partial charge in [-0.1, -0.05) is 33.8 Å². The molecule has 1 heterocycles. The van der Waals surface area contributed by atoms with Crippen LogP contribution in [0.25, 0.3) is 5.76 Å². The quantitative estimate of drug-likeness (QED) is 0.184. The van der Waals surface area contributed by atoms with E-state index in [-0.39, 0.29) is 17.4 Å². The first-order chi connectivity index (χ1) is 19.1. The standard InChI is InChI=1S/C32H44N2O6/c1-8-33(9-2)17-18-34-29(24-12-15-26(27(20-24)38-7)39-19-16-21(3)4)28(31(36)32(34)37)30(35)23-10-13-25(14-11-23)40-22(5)6/h10-15,20-22,29,35H,8-9,16-19H2,1-7H3. The van der Waals surface area contributed by atoms with Gasteiger partial charge in [0.2, 0.25) is 0 Å². The first-order valence-electron chi connectivity index (χ1n) is 14.2. The van der Waals surface area contributed by atoms with E-state index in [4.69, 9.17) is 14.2 Å². The number of hydrogen-bond donors (Lipinski definition) is 1. The second-order valence-corrected chi connectivity index (χ2v) is 10.7. The molecule has 1 saturated heterocycles. The van der Waals surface area contributed by atoms with Gasteiger partial charge in [0.15, 0.2) is 11.5 Å². The molecular weight excluding hydrogens is 508 g/mol. The number of benzene rings is 2. The lowest BCUT2D eigenvalue weighted by Crippen LogP contribution is -2.38. The molecule has 218 valence electrons. The Morgan fingerprint density at radius 3 is 2.25 bits per heavy atom. The van der Waals surface area contributed by atoms with E-state index in [2.05, 4.69) is 32.6 Å². The van der Waals surface area contributed by atoms with Crippen LogP contribution in [0.15, 0.2) is 48.0 Å². The molecule has 1 amide bonds. The molecule has 0 spiro atoms. The summed E-state index contributed by atoms with van der Waals surface area (Å²) in [5.41, 5.74) is 1.15. The Bertz CT molecular complexity index is 1180. The third kappa shape index (κ3) is 7.36. The normalized spacial score (nSPS) is 16.9. The van der Waals surface area contributed by atoms with Crippen molar-refractivity contribution in [2.24, 2.45) is 5.92 Å². The van der Waals surface area contributed by atoms with Gasteiger partial charge in [-0.05, 0) is 81.2 Å². The summed E-state index contributed by atoms with van der Waals surface area (Å²) < 4.78 is 17.3. The Hall–Kier alpha value is -3.52. The molecule has 1 atom stereocenters. The highest BCUT2D eigenvalue weighted by Gasteiger charge is 2.46. The zero-order valence-electron chi connectivity index (χ0n) is 24.9. The lowest BCUT2D eigenvalue weighted by atomic mass is 9.95. The number of ether oxygens (including phenoxy) is 3. The van der Waals surface area contributed by atoms with Gasteiger partial charge in [0.25, 0.3) is 11.7 Å². The van der Waals surface area contributed by atoms with Crippen molar-refractivity contribution in [3.8, 4) is 17.2 Å². The summed E-state index contributed by atoms with van der Waals surface area (Å²) in [4.78, 5) is 30.5. The van der Waals surface area contributed by atoms with Crippen LogP contribution in [0.5, 0.6) is 17.2 Å². The Balaban J connectivity index is 2.06. The molecule has 0 radical (unpaired) electrons. The summed E-state index contributed by atoms with van der Waals surface area (Å²) >= 11 is 0. The van der Waals surface area contributed by atoms with Crippen LogP contribution in [0.1, 0.15) is 65.1 Å². The van der Waals surface area contributed by atoms with Gasteiger partial charge in [-0.15, -0.1) is 0 Å². The molecule has 2 aromatic rings. The SMILES string of the molecule is CCN(CC)CCN1C(=O)C(=O)C(=C(O)c2ccc(OC(C)C)cc2)C1c1ccc(OCCC(C)C)c(OC)c1. The lowest BCUT2D eigenvalue weighted by Gasteiger charge is -2.28. The molecule has 0 saturated carbocycles. The number of aliphatic hydroxyl groups is 1. The zero-order valence-corrected chi connectivity index (χ0v) is 24.9. The molecule has 40 heavy (non-hydrogen) atoms. The number of nitrogens with zero attached hydrogens (tertiary/aromatic N) is 2. The maximum atomic E-state index is 13.4. The molecule has 2 aromatic carbocycles. The van der Waals surface area contributed by atoms with Gasteiger partial charge in [0.1, 0.15) is 11.5 Å². The number of hydrogen-bond acceptors (Lipinski definition) is 7.